The molecule has 2 aliphatic rings. The lowest BCUT2D eigenvalue weighted by Gasteiger charge is -2.40. The van der Waals surface area contributed by atoms with Crippen molar-refractivity contribution in [2.75, 3.05) is 24.5 Å². The molecule has 6 heteroatoms. The lowest BCUT2D eigenvalue weighted by atomic mass is 9.64. The van der Waals surface area contributed by atoms with Gasteiger partial charge in [0.25, 0.3) is 0 Å². The fraction of sp³-hybridized carbons (Fsp3) is 0.364. The van der Waals surface area contributed by atoms with Crippen LogP contribution >= 0.6 is 0 Å². The summed E-state index contributed by atoms with van der Waals surface area (Å²) >= 11 is 0. The third-order valence-electron chi connectivity index (χ3n) is 5.83. The van der Waals surface area contributed by atoms with Crippen LogP contribution in [0.2, 0.25) is 0 Å². The first-order chi connectivity index (χ1) is 13.6. The summed E-state index contributed by atoms with van der Waals surface area (Å²) in [6, 6.07) is 14.2. The monoisotopic (exact) mass is 381 g/mol. The minimum absolute atomic E-state index is 0.00198. The highest BCUT2D eigenvalue weighted by molar-refractivity contribution is 5.89. The number of rotatable bonds is 5. The standard InChI is InChI=1S/C22H24FN3O2/c23-18-6-4-17(5-7-18)22(10-1-11-22)21(28)25-14-16-2-8-19(9-3-16)26-13-12-24-20(27)15-26/h2-9H,1,10-15H2,(H,24,27)(H,25,28). The number of amides is 2. The highest BCUT2D eigenvalue weighted by atomic mass is 19.1. The zero-order valence-corrected chi connectivity index (χ0v) is 15.7. The summed E-state index contributed by atoms with van der Waals surface area (Å²) in [6.07, 6.45) is 2.59. The van der Waals surface area contributed by atoms with Crippen LogP contribution < -0.4 is 15.5 Å². The van der Waals surface area contributed by atoms with E-state index in [2.05, 4.69) is 10.6 Å². The van der Waals surface area contributed by atoms with Crippen LogP contribution in [-0.2, 0) is 21.5 Å². The fourth-order valence-electron chi connectivity index (χ4n) is 3.98. The Morgan fingerprint density at radius 2 is 1.82 bits per heavy atom. The Morgan fingerprint density at radius 3 is 2.43 bits per heavy atom. The van der Waals surface area contributed by atoms with Gasteiger partial charge in [0.1, 0.15) is 5.82 Å². The van der Waals surface area contributed by atoms with Crippen molar-refractivity contribution < 1.29 is 14.0 Å². The number of carbonyl (C=O) groups is 2. The molecule has 1 heterocycles. The summed E-state index contributed by atoms with van der Waals surface area (Å²) in [5, 5.41) is 5.87. The maximum atomic E-state index is 13.2. The topological polar surface area (TPSA) is 61.4 Å². The first kappa shape index (κ1) is 18.5. The van der Waals surface area contributed by atoms with Gasteiger partial charge in [-0.2, -0.15) is 0 Å². The van der Waals surface area contributed by atoms with Crippen molar-refractivity contribution in [3.05, 3.63) is 65.5 Å². The maximum absolute atomic E-state index is 13.2. The number of anilines is 1. The molecule has 1 aliphatic heterocycles. The predicted octanol–water partition coefficient (Wildman–Crippen LogP) is 2.50. The van der Waals surface area contributed by atoms with Crippen molar-refractivity contribution in [2.24, 2.45) is 0 Å². The van der Waals surface area contributed by atoms with Gasteiger partial charge in [0.15, 0.2) is 0 Å². The molecule has 0 unspecified atom stereocenters. The summed E-state index contributed by atoms with van der Waals surface area (Å²) < 4.78 is 13.2. The molecule has 0 atom stereocenters. The van der Waals surface area contributed by atoms with Gasteiger partial charge >= 0.3 is 0 Å². The van der Waals surface area contributed by atoms with Gasteiger partial charge in [-0.3, -0.25) is 9.59 Å². The molecular weight excluding hydrogens is 357 g/mol. The minimum Gasteiger partial charge on any atom is -0.360 e. The largest absolute Gasteiger partial charge is 0.360 e. The molecule has 0 aromatic heterocycles. The zero-order chi connectivity index (χ0) is 19.6. The first-order valence-electron chi connectivity index (χ1n) is 9.72. The summed E-state index contributed by atoms with van der Waals surface area (Å²) in [6.45, 7) is 2.27. The minimum atomic E-state index is -0.533. The van der Waals surface area contributed by atoms with Crippen LogP contribution in [0, 0.1) is 5.82 Å². The van der Waals surface area contributed by atoms with Crippen LogP contribution in [-0.4, -0.2) is 31.4 Å². The van der Waals surface area contributed by atoms with Gasteiger partial charge in [-0.15, -0.1) is 0 Å². The van der Waals surface area contributed by atoms with Crippen LogP contribution in [0.1, 0.15) is 30.4 Å². The number of hydrogen-bond donors (Lipinski definition) is 2. The SMILES string of the molecule is O=C1CN(c2ccc(CNC(=O)C3(c4ccc(F)cc4)CCC3)cc2)CCN1. The van der Waals surface area contributed by atoms with Gasteiger partial charge in [0.05, 0.1) is 12.0 Å². The van der Waals surface area contributed by atoms with Crippen LogP contribution in [0.5, 0.6) is 0 Å². The third kappa shape index (κ3) is 3.59. The molecule has 146 valence electrons. The molecule has 28 heavy (non-hydrogen) atoms. The Labute approximate surface area is 163 Å². The molecule has 2 amide bonds. The van der Waals surface area contributed by atoms with Crippen LogP contribution in [0.25, 0.3) is 0 Å². The molecule has 1 saturated heterocycles. The Morgan fingerprint density at radius 1 is 1.11 bits per heavy atom. The van der Waals surface area contributed by atoms with Crippen molar-refractivity contribution in [1.82, 2.24) is 10.6 Å². The number of piperazine rings is 1. The quantitative estimate of drug-likeness (QED) is 0.837. The Balaban J connectivity index is 1.39. The highest BCUT2D eigenvalue weighted by Gasteiger charge is 2.45. The number of nitrogens with zero attached hydrogens (tertiary/aromatic N) is 1. The zero-order valence-electron chi connectivity index (χ0n) is 15.7. The molecule has 2 N–H and O–H groups in total. The molecule has 2 fully saturated rings. The first-order valence-corrected chi connectivity index (χ1v) is 9.72. The van der Waals surface area contributed by atoms with E-state index in [1.807, 2.05) is 29.2 Å². The van der Waals surface area contributed by atoms with E-state index in [0.717, 1.165) is 42.6 Å². The summed E-state index contributed by atoms with van der Waals surface area (Å²) in [4.78, 5) is 26.5. The molecule has 4 rings (SSSR count). The third-order valence-corrected chi connectivity index (χ3v) is 5.83. The Bertz CT molecular complexity index is 860. The Kier molecular flexibility index (Phi) is 5.03. The molecule has 0 bridgehead atoms. The average molecular weight is 381 g/mol. The Hall–Kier alpha value is -2.89. The van der Waals surface area contributed by atoms with Gasteiger partial charge in [-0.25, -0.2) is 4.39 Å². The second-order valence-electron chi connectivity index (χ2n) is 7.56. The maximum Gasteiger partial charge on any atom is 0.239 e. The fourth-order valence-corrected chi connectivity index (χ4v) is 3.98. The van der Waals surface area contributed by atoms with E-state index in [-0.39, 0.29) is 17.6 Å². The highest BCUT2D eigenvalue weighted by Crippen LogP contribution is 2.44. The van der Waals surface area contributed by atoms with Crippen molar-refractivity contribution in [3.8, 4) is 0 Å². The van der Waals surface area contributed by atoms with Crippen molar-refractivity contribution in [3.63, 3.8) is 0 Å². The molecule has 5 nitrogen and oxygen atoms in total. The normalized spacial score (nSPS) is 18.2. The van der Waals surface area contributed by atoms with E-state index in [9.17, 15) is 14.0 Å². The van der Waals surface area contributed by atoms with Crippen molar-refractivity contribution in [1.29, 1.82) is 0 Å². The number of benzene rings is 2. The van der Waals surface area contributed by atoms with E-state index in [4.69, 9.17) is 0 Å². The van der Waals surface area contributed by atoms with Crippen LogP contribution in [0.3, 0.4) is 0 Å². The molecular formula is C22H24FN3O2. The van der Waals surface area contributed by atoms with Gasteiger partial charge < -0.3 is 15.5 Å². The van der Waals surface area contributed by atoms with Gasteiger partial charge in [0, 0.05) is 25.3 Å². The molecule has 1 saturated carbocycles. The summed E-state index contributed by atoms with van der Waals surface area (Å²) in [7, 11) is 0. The number of hydrogen-bond acceptors (Lipinski definition) is 3. The van der Waals surface area contributed by atoms with Crippen molar-refractivity contribution >= 4 is 17.5 Å². The lowest BCUT2D eigenvalue weighted by Crippen LogP contribution is -2.49. The average Bonchev–Trinajstić information content (AvgIpc) is 2.67. The molecule has 0 radical (unpaired) electrons. The van der Waals surface area contributed by atoms with Crippen LogP contribution in [0.15, 0.2) is 48.5 Å². The van der Waals surface area contributed by atoms with E-state index >= 15 is 0 Å². The van der Waals surface area contributed by atoms with Gasteiger partial charge in [-0.05, 0) is 48.2 Å². The second kappa shape index (κ2) is 7.62. The molecule has 1 aliphatic carbocycles. The molecule has 2 aromatic carbocycles. The van der Waals surface area contributed by atoms with E-state index in [0.29, 0.717) is 19.6 Å². The van der Waals surface area contributed by atoms with Gasteiger partial charge in [0.2, 0.25) is 11.8 Å². The van der Waals surface area contributed by atoms with E-state index < -0.39 is 5.41 Å². The number of nitrogens with one attached hydrogen (secondary N) is 2. The second-order valence-corrected chi connectivity index (χ2v) is 7.56. The van der Waals surface area contributed by atoms with Gasteiger partial charge in [-0.1, -0.05) is 30.7 Å². The number of halogens is 1. The molecule has 2 aromatic rings. The molecule has 0 spiro atoms. The summed E-state index contributed by atoms with van der Waals surface area (Å²) in [5.41, 5.74) is 2.37. The van der Waals surface area contributed by atoms with Crippen molar-refractivity contribution in [2.45, 2.75) is 31.2 Å². The predicted molar refractivity (Wildman–Crippen MR) is 105 cm³/mol. The lowest BCUT2D eigenvalue weighted by molar-refractivity contribution is -0.130. The number of carbonyl (C=O) groups excluding carboxylic acids is 2. The smallest absolute Gasteiger partial charge is 0.239 e. The van der Waals surface area contributed by atoms with Crippen LogP contribution in [0.4, 0.5) is 10.1 Å². The van der Waals surface area contributed by atoms with E-state index in [1.165, 1.54) is 12.1 Å². The summed E-state index contributed by atoms with van der Waals surface area (Å²) in [5.74, 6) is -0.249. The van der Waals surface area contributed by atoms with E-state index in [1.54, 1.807) is 12.1 Å².